The number of hydrogen-bond acceptors (Lipinski definition) is 15. The van der Waals surface area contributed by atoms with Crippen LogP contribution in [0.2, 0.25) is 0 Å². The van der Waals surface area contributed by atoms with E-state index in [1.165, 1.54) is 172 Å². The molecule has 7 heterocycles. The van der Waals surface area contributed by atoms with Crippen molar-refractivity contribution in [2.75, 3.05) is 52.4 Å². The van der Waals surface area contributed by atoms with Crippen LogP contribution in [0.4, 0.5) is 13.2 Å². The molecule has 7 saturated heterocycles. The van der Waals surface area contributed by atoms with Gasteiger partial charge in [0.1, 0.15) is 5.75 Å². The smallest absolute Gasteiger partial charge is 0.423 e. The summed E-state index contributed by atoms with van der Waals surface area (Å²) >= 11 is 2.47. The molecule has 10 aromatic rings. The van der Waals surface area contributed by atoms with Gasteiger partial charge in [-0.2, -0.15) is 21.6 Å². The van der Waals surface area contributed by atoms with Crippen LogP contribution in [-0.2, 0) is 85.4 Å². The van der Waals surface area contributed by atoms with Crippen molar-refractivity contribution < 1.29 is 63.7 Å². The molecule has 752 valence electrons. The van der Waals surface area contributed by atoms with Crippen LogP contribution >= 0.6 is 22.6 Å². The SMILES string of the molecule is C.C[C@H]1C2Cc3ccc(B(O)O)cc3[C@@]1(C)CCN2CC1CC1.C[C@H]1C2Cc3ccc(B4OC(c5ccccc5)CC(c5ccccc5)O4)cc3[C@@]1(C)CCN2CC1CC1.C[C@H]1C2Cc3ccc(I)cc3[C@@]1(C)CCN2CC1CC1.C[C@H]1C2Cc3ccc(OS(=O)(=O)C(F)(F)F)cc3[C@@]1(C)CCN2CC1CC1.c1ccc(C2CC(c3ccccc3)OB(B3OC(c4ccccc4)CC(c4ccccc4)O3)O2)cc1. The average Bonchev–Trinajstić information content (AvgIpc) is 1.68. The number of nitrogens with zero attached hydrogens (tertiary/aromatic N) is 4. The van der Waals surface area contributed by atoms with E-state index >= 15 is 0 Å². The first kappa shape index (κ1) is 102. The summed E-state index contributed by atoms with van der Waals surface area (Å²) in [5, 5.41) is 19.0. The molecule has 2 N–H and O–H groups in total. The van der Waals surface area contributed by atoms with E-state index in [0.717, 1.165) is 126 Å². The summed E-state index contributed by atoms with van der Waals surface area (Å²) in [5.74, 6) is 5.88. The lowest BCUT2D eigenvalue weighted by atomic mass is 9.46. The summed E-state index contributed by atoms with van der Waals surface area (Å²) in [6, 6.07) is 90.0. The fourth-order valence-corrected chi connectivity index (χ4v) is 27.4. The lowest BCUT2D eigenvalue weighted by Gasteiger charge is -2.55. The Morgan fingerprint density at radius 1 is 0.378 bits per heavy atom. The molecule has 25 rings (SSSR count). The van der Waals surface area contributed by atoms with Gasteiger partial charge in [-0.05, 0) is 334 Å². The first-order valence-corrected chi connectivity index (χ1v) is 55.7. The molecule has 0 amide bonds. The molecule has 11 fully saturated rings. The van der Waals surface area contributed by atoms with E-state index in [4.69, 9.17) is 27.9 Å². The van der Waals surface area contributed by atoms with E-state index in [1.54, 1.807) is 17.2 Å². The molecule has 0 radical (unpaired) electrons. The molecular formula is C119H144B4F3IN4O11S. The van der Waals surface area contributed by atoms with Gasteiger partial charge in [0.25, 0.3) is 0 Å². The molecule has 7 aliphatic heterocycles. The molecule has 143 heavy (non-hydrogen) atoms. The van der Waals surface area contributed by atoms with Crippen molar-refractivity contribution in [3.63, 3.8) is 0 Å². The summed E-state index contributed by atoms with van der Waals surface area (Å²) in [7, 11) is -8.74. The third-order valence-corrected chi connectivity index (χ3v) is 38.2. The predicted octanol–water partition coefficient (Wildman–Crippen LogP) is 23.1. The number of rotatable bonds is 19. The molecule has 24 heteroatoms. The maximum Gasteiger partial charge on any atom is 0.534 e. The van der Waals surface area contributed by atoms with E-state index in [0.29, 0.717) is 46.8 Å². The monoisotopic (exact) mass is 2060 g/mol. The van der Waals surface area contributed by atoms with Crippen LogP contribution in [0, 0.1) is 50.9 Å². The van der Waals surface area contributed by atoms with Crippen molar-refractivity contribution in [2.24, 2.45) is 47.3 Å². The van der Waals surface area contributed by atoms with Crippen LogP contribution in [0.1, 0.15) is 274 Å². The molecule has 0 spiro atoms. The highest BCUT2D eigenvalue weighted by Crippen LogP contribution is 2.56. The van der Waals surface area contributed by atoms with Crippen LogP contribution in [0.15, 0.2) is 255 Å². The Morgan fingerprint density at radius 2 is 0.650 bits per heavy atom. The highest BCUT2D eigenvalue weighted by atomic mass is 127. The van der Waals surface area contributed by atoms with Gasteiger partial charge in [0.15, 0.2) is 0 Å². The normalized spacial score (nSPS) is 30.7. The second-order valence-corrected chi connectivity index (χ2v) is 48.2. The Balaban J connectivity index is 0.000000111. The van der Waals surface area contributed by atoms with Crippen LogP contribution < -0.4 is 15.1 Å². The molecule has 4 saturated carbocycles. The molecule has 18 atom stereocenters. The first-order valence-electron chi connectivity index (χ1n) is 53.2. The maximum absolute atomic E-state index is 12.6. The fourth-order valence-electron chi connectivity index (χ4n) is 26.5. The van der Waals surface area contributed by atoms with Gasteiger partial charge in [0.05, 0.1) is 36.6 Å². The zero-order valence-corrected chi connectivity index (χ0v) is 86.8. The van der Waals surface area contributed by atoms with Crippen molar-refractivity contribution >= 4 is 71.9 Å². The van der Waals surface area contributed by atoms with Crippen LogP contribution in [0.5, 0.6) is 5.75 Å². The summed E-state index contributed by atoms with van der Waals surface area (Å²) in [5.41, 5.74) is 15.0. The number of hydrogen-bond donors (Lipinski definition) is 2. The van der Waals surface area contributed by atoms with Crippen LogP contribution in [-0.4, -0.2) is 148 Å². The lowest BCUT2D eigenvalue weighted by molar-refractivity contribution is -0.0500. The van der Waals surface area contributed by atoms with Gasteiger partial charge in [-0.15, -0.1) is 0 Å². The van der Waals surface area contributed by atoms with Crippen LogP contribution in [0.3, 0.4) is 0 Å². The fraction of sp³-hybridized carbons (Fsp3) is 0.496. The van der Waals surface area contributed by atoms with Gasteiger partial charge in [-0.3, -0.25) is 19.6 Å². The van der Waals surface area contributed by atoms with E-state index < -0.39 is 36.8 Å². The molecule has 8 bridgehead atoms. The van der Waals surface area contributed by atoms with Crippen molar-refractivity contribution in [1.29, 1.82) is 0 Å². The quantitative estimate of drug-likeness (QED) is 0.0342. The number of likely N-dealkylation sites (tertiary alicyclic amines) is 4. The third-order valence-electron chi connectivity index (χ3n) is 36.6. The van der Waals surface area contributed by atoms with E-state index in [-0.39, 0.29) is 73.2 Å². The molecule has 10 aromatic carbocycles. The van der Waals surface area contributed by atoms with Crippen molar-refractivity contribution in [1.82, 2.24) is 19.6 Å². The lowest BCUT2D eigenvalue weighted by Crippen LogP contribution is -2.58. The van der Waals surface area contributed by atoms with Gasteiger partial charge in [-0.1, -0.05) is 293 Å². The standard InChI is InChI=1S/C33H38BNO2.C30H28B2O4.C19H24F3NO3S.C18H26BNO2.C18H24IN.CH4/c1-23-30-19-27-15-16-28(20-29(27)33(23,2)17-18-35(30)22-24-13-14-24)34-36-31(25-9-5-3-6-10-25)21-32(37-34)26-11-7-4-8-12-26;1-5-13-23(14-6-1)27-21-28(24-15-7-2-8-16-24)34-31(33-27)32-35-29(25-17-9-3-10-18-25)22-30(36-32)26-19-11-4-12-20-26;1-12-17-9-14-5-6-15(26-27(24,25)19(20,21)22)10-16(14)18(12,2)7-8-23(17)11-13-3-4-13;1-12-17-9-14-5-6-15(19(21)22)10-16(14)18(12,2)7-8-20(17)11-13-3-4-13;1-12-17-9-14-5-6-15(19)10-16(14)18(12,2)7-8-20(17)11-13-3-4-13;/h3-12,15-16,20,23-24,30-32H,13-14,17-19,21-22H2,1-2H3;1-20,27-30H,21-22H2;5-6,10,12-13,17H,3-4,7-9,11H2,1-2H3;5-6,10,12-13,17,21-22H,3-4,7-9,11H2,1-2H3;5-6,10,12-13,17H,3-4,7-9,11H2,1-2H3;1H4/t23-,30?,31?,32?,33-;;3*12-,17?,18-;/m0.000./s1. The second-order valence-electron chi connectivity index (χ2n) is 45.5. The first-order chi connectivity index (χ1) is 68.5. The minimum absolute atomic E-state index is 0. The molecule has 8 aliphatic carbocycles. The second kappa shape index (κ2) is 42.7. The Morgan fingerprint density at radius 3 is 0.951 bits per heavy atom. The molecule has 10 unspecified atom stereocenters. The third kappa shape index (κ3) is 22.1. The Kier molecular flexibility index (Phi) is 30.6. The van der Waals surface area contributed by atoms with Crippen molar-refractivity contribution in [3.05, 3.63) is 336 Å². The zero-order valence-electron chi connectivity index (χ0n) is 83.8. The summed E-state index contributed by atoms with van der Waals surface area (Å²) < 4.78 is 106. The molecule has 15 nitrogen and oxygen atoms in total. The van der Waals surface area contributed by atoms with Crippen LogP contribution in [0.25, 0.3) is 0 Å². The van der Waals surface area contributed by atoms with Gasteiger partial charge in [0, 0.05) is 73.2 Å². The minimum Gasteiger partial charge on any atom is -0.423 e. The summed E-state index contributed by atoms with van der Waals surface area (Å²) in [6.45, 7) is 29.0. The minimum atomic E-state index is -5.66. The number of fused-ring (bicyclic) bond motifs is 16. The highest BCUT2D eigenvalue weighted by molar-refractivity contribution is 14.1. The van der Waals surface area contributed by atoms with E-state index in [1.807, 2.05) is 84.9 Å². The number of alkyl halides is 3. The number of piperidine rings is 4. The number of halogens is 4. The van der Waals surface area contributed by atoms with Crippen molar-refractivity contribution in [3.8, 4) is 5.75 Å². The Hall–Kier alpha value is -7.75. The Bertz CT molecular complexity index is 5890. The zero-order chi connectivity index (χ0) is 98.1. The van der Waals surface area contributed by atoms with Gasteiger partial charge in [0.2, 0.25) is 0 Å². The molecule has 15 aliphatic rings. The van der Waals surface area contributed by atoms with Gasteiger partial charge in [-0.25, -0.2) is 0 Å². The Labute approximate surface area is 863 Å². The molecule has 0 aromatic heterocycles. The topological polar surface area (TPSA) is 152 Å². The summed E-state index contributed by atoms with van der Waals surface area (Å²) in [6.07, 6.45) is 22.1. The predicted molar refractivity (Wildman–Crippen MR) is 575 cm³/mol. The highest BCUT2D eigenvalue weighted by Gasteiger charge is 2.57. The van der Waals surface area contributed by atoms with Gasteiger partial charge < -0.3 is 42.2 Å². The number of benzene rings is 10. The average molecular weight is 2070 g/mol. The van der Waals surface area contributed by atoms with E-state index in [2.05, 4.69) is 253 Å². The largest absolute Gasteiger partial charge is 0.534 e. The summed E-state index contributed by atoms with van der Waals surface area (Å²) in [4.78, 5) is 11.0. The van der Waals surface area contributed by atoms with Gasteiger partial charge >= 0.3 is 43.9 Å². The maximum atomic E-state index is 12.6. The van der Waals surface area contributed by atoms with Crippen molar-refractivity contribution in [2.45, 2.75) is 273 Å². The van der Waals surface area contributed by atoms with E-state index in [9.17, 15) is 31.6 Å². The molecular weight excluding hydrogens is 1920 g/mol.